The van der Waals surface area contributed by atoms with E-state index < -0.39 is 0 Å². The van der Waals surface area contributed by atoms with Crippen molar-refractivity contribution in [2.24, 2.45) is 0 Å². The van der Waals surface area contributed by atoms with Gasteiger partial charge in [0.15, 0.2) is 0 Å². The van der Waals surface area contributed by atoms with Crippen molar-refractivity contribution in [3.63, 3.8) is 0 Å². The van der Waals surface area contributed by atoms with Gasteiger partial charge in [0.25, 0.3) is 0 Å². The highest BCUT2D eigenvalue weighted by atomic mass is 19.1. The molecule has 0 bridgehead atoms. The van der Waals surface area contributed by atoms with Crippen LogP contribution in [0.4, 0.5) is 10.1 Å². The maximum atomic E-state index is 12.4. The molecule has 1 rings (SSSR count). The molecule has 18 heavy (non-hydrogen) atoms. The number of hydrogen-bond donors (Lipinski definition) is 1. The number of rotatable bonds is 2. The van der Waals surface area contributed by atoms with Crippen LogP contribution in [0.5, 0.6) is 0 Å². The number of benzene rings is 1. The van der Waals surface area contributed by atoms with E-state index in [1.807, 2.05) is 41.5 Å². The Balaban J connectivity index is -0.000000328. The van der Waals surface area contributed by atoms with Crippen LogP contribution in [0, 0.1) is 5.82 Å². The molecule has 0 fully saturated rings. The first-order valence-corrected chi connectivity index (χ1v) is 6.78. The average Bonchev–Trinajstić information content (AvgIpc) is 2.47. The molecule has 1 amide bonds. The second-order valence-corrected chi connectivity index (χ2v) is 2.41. The van der Waals surface area contributed by atoms with Crippen molar-refractivity contribution in [2.75, 3.05) is 5.32 Å². The Kier molecular flexibility index (Phi) is 21.9. The van der Waals surface area contributed by atoms with E-state index in [0.717, 1.165) is 0 Å². The molecule has 0 radical (unpaired) electrons. The number of carbonyl (C=O) groups is 1. The van der Waals surface area contributed by atoms with Crippen molar-refractivity contribution in [1.82, 2.24) is 0 Å². The lowest BCUT2D eigenvalue weighted by molar-refractivity contribution is -0.115. The van der Waals surface area contributed by atoms with Crippen LogP contribution in [0.15, 0.2) is 24.3 Å². The van der Waals surface area contributed by atoms with E-state index >= 15 is 0 Å². The highest BCUT2D eigenvalue weighted by Crippen LogP contribution is 2.07. The topological polar surface area (TPSA) is 29.1 Å². The Morgan fingerprint density at radius 3 is 1.72 bits per heavy atom. The summed E-state index contributed by atoms with van der Waals surface area (Å²) in [6.45, 7) is 13.8. The molecule has 3 heteroatoms. The van der Waals surface area contributed by atoms with Crippen molar-refractivity contribution < 1.29 is 9.18 Å². The van der Waals surface area contributed by atoms with Gasteiger partial charge in [-0.25, -0.2) is 4.39 Å². The molecule has 2 nitrogen and oxygen atoms in total. The van der Waals surface area contributed by atoms with Crippen LogP contribution in [0.25, 0.3) is 0 Å². The number of nitrogens with one attached hydrogen (secondary N) is 1. The Hall–Kier alpha value is -1.38. The Morgan fingerprint density at radius 1 is 1.00 bits per heavy atom. The normalized spacial score (nSPS) is 7.33. The molecule has 0 heterocycles. The summed E-state index contributed by atoms with van der Waals surface area (Å²) in [4.78, 5) is 10.9. The molecule has 1 aromatic rings. The van der Waals surface area contributed by atoms with Gasteiger partial charge in [-0.15, -0.1) is 0 Å². The van der Waals surface area contributed by atoms with E-state index in [2.05, 4.69) is 5.32 Å². The highest BCUT2D eigenvalue weighted by Gasteiger charge is 1.97. The lowest BCUT2D eigenvalue weighted by Gasteiger charge is -2.01. The largest absolute Gasteiger partial charge is 0.326 e. The van der Waals surface area contributed by atoms with E-state index in [-0.39, 0.29) is 11.7 Å². The van der Waals surface area contributed by atoms with Gasteiger partial charge in [0.2, 0.25) is 5.91 Å². The summed E-state index contributed by atoms with van der Waals surface area (Å²) in [5.74, 6) is -0.369. The molecule has 0 saturated heterocycles. The summed E-state index contributed by atoms with van der Waals surface area (Å²) < 4.78 is 12.4. The minimum atomic E-state index is -0.301. The molecular formula is C15H28FNO. The SMILES string of the molecule is CC.CC.CC.CCC(=O)Nc1ccc(F)cc1. The summed E-state index contributed by atoms with van der Waals surface area (Å²) in [6, 6.07) is 5.68. The number of carbonyl (C=O) groups excluding carboxylic acids is 1. The molecule has 1 N–H and O–H groups in total. The first-order chi connectivity index (χ1) is 8.72. The zero-order valence-corrected chi connectivity index (χ0v) is 12.8. The maximum absolute atomic E-state index is 12.4. The zero-order valence-electron chi connectivity index (χ0n) is 12.8. The Labute approximate surface area is 112 Å². The second kappa shape index (κ2) is 18.0. The molecule has 0 aromatic heterocycles. The summed E-state index contributed by atoms with van der Waals surface area (Å²) in [7, 11) is 0. The summed E-state index contributed by atoms with van der Waals surface area (Å²) >= 11 is 0. The average molecular weight is 257 g/mol. The lowest BCUT2D eigenvalue weighted by atomic mass is 10.3. The van der Waals surface area contributed by atoms with E-state index in [0.29, 0.717) is 12.1 Å². The Morgan fingerprint density at radius 2 is 1.39 bits per heavy atom. The minimum Gasteiger partial charge on any atom is -0.326 e. The third kappa shape index (κ3) is 12.7. The van der Waals surface area contributed by atoms with Crippen molar-refractivity contribution in [3.8, 4) is 0 Å². The molecule has 0 aliphatic rings. The first kappa shape index (κ1) is 21.9. The highest BCUT2D eigenvalue weighted by molar-refractivity contribution is 5.90. The molecule has 1 aromatic carbocycles. The van der Waals surface area contributed by atoms with E-state index in [4.69, 9.17) is 0 Å². The van der Waals surface area contributed by atoms with Gasteiger partial charge in [0.05, 0.1) is 0 Å². The van der Waals surface area contributed by atoms with Crippen molar-refractivity contribution in [1.29, 1.82) is 0 Å². The van der Waals surface area contributed by atoms with Crippen molar-refractivity contribution in [2.45, 2.75) is 54.9 Å². The van der Waals surface area contributed by atoms with Crippen LogP contribution >= 0.6 is 0 Å². The fourth-order valence-electron chi connectivity index (χ4n) is 0.783. The second-order valence-electron chi connectivity index (χ2n) is 2.41. The maximum Gasteiger partial charge on any atom is 0.224 e. The fraction of sp³-hybridized carbons (Fsp3) is 0.533. The van der Waals surface area contributed by atoms with E-state index in [9.17, 15) is 9.18 Å². The van der Waals surface area contributed by atoms with E-state index in [1.54, 1.807) is 6.92 Å². The van der Waals surface area contributed by atoms with Gasteiger partial charge >= 0.3 is 0 Å². The summed E-state index contributed by atoms with van der Waals surface area (Å²) in [5, 5.41) is 2.61. The molecule has 106 valence electrons. The van der Waals surface area contributed by atoms with Crippen LogP contribution < -0.4 is 5.32 Å². The predicted molar refractivity (Wildman–Crippen MR) is 79.4 cm³/mol. The van der Waals surface area contributed by atoms with Gasteiger partial charge in [0.1, 0.15) is 5.82 Å². The van der Waals surface area contributed by atoms with Crippen LogP contribution in [0.3, 0.4) is 0 Å². The molecule has 0 atom stereocenters. The third-order valence-corrected chi connectivity index (χ3v) is 1.45. The van der Waals surface area contributed by atoms with E-state index in [1.165, 1.54) is 24.3 Å². The zero-order chi connectivity index (χ0) is 15.0. The predicted octanol–water partition coefficient (Wildman–Crippen LogP) is 5.25. The van der Waals surface area contributed by atoms with Crippen molar-refractivity contribution in [3.05, 3.63) is 30.1 Å². The molecule has 0 aliphatic heterocycles. The lowest BCUT2D eigenvalue weighted by Crippen LogP contribution is -2.09. The van der Waals surface area contributed by atoms with Gasteiger partial charge < -0.3 is 5.32 Å². The van der Waals surface area contributed by atoms with Crippen LogP contribution in [0.1, 0.15) is 54.9 Å². The fourth-order valence-corrected chi connectivity index (χ4v) is 0.783. The smallest absolute Gasteiger partial charge is 0.224 e. The van der Waals surface area contributed by atoms with Crippen molar-refractivity contribution >= 4 is 11.6 Å². The monoisotopic (exact) mass is 257 g/mol. The van der Waals surface area contributed by atoms with Gasteiger partial charge in [0, 0.05) is 12.1 Å². The van der Waals surface area contributed by atoms with Gasteiger partial charge in [-0.05, 0) is 24.3 Å². The number of hydrogen-bond acceptors (Lipinski definition) is 1. The van der Waals surface area contributed by atoms with Crippen LogP contribution in [-0.2, 0) is 4.79 Å². The minimum absolute atomic E-state index is 0.0680. The van der Waals surface area contributed by atoms with Gasteiger partial charge in [-0.2, -0.15) is 0 Å². The molecule has 0 saturated carbocycles. The molecule has 0 unspecified atom stereocenters. The summed E-state index contributed by atoms with van der Waals surface area (Å²) in [5.41, 5.74) is 0.628. The molecule has 0 aliphatic carbocycles. The van der Waals surface area contributed by atoms with Gasteiger partial charge in [-0.3, -0.25) is 4.79 Å². The molecular weight excluding hydrogens is 229 g/mol. The summed E-state index contributed by atoms with van der Waals surface area (Å²) in [6.07, 6.45) is 0.428. The number of amides is 1. The van der Waals surface area contributed by atoms with Gasteiger partial charge in [-0.1, -0.05) is 48.5 Å². The van der Waals surface area contributed by atoms with Crippen LogP contribution in [-0.4, -0.2) is 5.91 Å². The van der Waals surface area contributed by atoms with Crippen LogP contribution in [0.2, 0.25) is 0 Å². The Bertz CT molecular complexity index is 270. The first-order valence-electron chi connectivity index (χ1n) is 6.78. The third-order valence-electron chi connectivity index (χ3n) is 1.45. The number of halogens is 1. The quantitative estimate of drug-likeness (QED) is 0.770. The molecule has 0 spiro atoms. The standard InChI is InChI=1S/C9H10FNO.3C2H6/c1-2-9(12)11-8-5-3-7(10)4-6-8;3*1-2/h3-6H,2H2,1H3,(H,11,12);3*1-2H3. The number of anilines is 1.